The highest BCUT2D eigenvalue weighted by molar-refractivity contribution is 9.10. The number of aromatic nitrogens is 1. The minimum absolute atomic E-state index is 0.409. The van der Waals surface area contributed by atoms with Gasteiger partial charge in [0.05, 0.1) is 16.8 Å². The zero-order chi connectivity index (χ0) is 13.7. The van der Waals surface area contributed by atoms with Gasteiger partial charge in [-0.1, -0.05) is 19.1 Å². The number of benzene rings is 1. The summed E-state index contributed by atoms with van der Waals surface area (Å²) in [4.78, 5) is 4.26. The number of anilines is 1. The van der Waals surface area contributed by atoms with Crippen LogP contribution in [0.2, 0.25) is 0 Å². The van der Waals surface area contributed by atoms with Crippen molar-refractivity contribution in [3.63, 3.8) is 0 Å². The van der Waals surface area contributed by atoms with E-state index in [0.29, 0.717) is 29.8 Å². The van der Waals surface area contributed by atoms with Crippen molar-refractivity contribution >= 4 is 21.6 Å². The van der Waals surface area contributed by atoms with E-state index in [1.165, 1.54) is 0 Å². The lowest BCUT2D eigenvalue weighted by molar-refractivity contribution is 0.302. The standard InChI is InChI=1S/C14H15BrN2O2/c1-2-9-18-14-11(16)7-8-13(17-14)19-12-6-4-3-5-10(12)15/h3-8H,2,9,16H2,1H3. The highest BCUT2D eigenvalue weighted by Crippen LogP contribution is 2.30. The molecule has 1 aromatic heterocycles. The molecule has 2 rings (SSSR count). The Labute approximate surface area is 120 Å². The first-order valence-electron chi connectivity index (χ1n) is 6.02. The van der Waals surface area contributed by atoms with Crippen LogP contribution in [0.25, 0.3) is 0 Å². The van der Waals surface area contributed by atoms with Crippen LogP contribution in [-0.2, 0) is 0 Å². The summed E-state index contributed by atoms with van der Waals surface area (Å²) >= 11 is 3.42. The van der Waals surface area contributed by atoms with Crippen LogP contribution in [0, 0.1) is 0 Å². The molecule has 0 saturated heterocycles. The second kappa shape index (κ2) is 6.43. The Kier molecular flexibility index (Phi) is 4.63. The SMILES string of the molecule is CCCOc1nc(Oc2ccccc2Br)ccc1N. The minimum atomic E-state index is 0.409. The van der Waals surface area contributed by atoms with E-state index in [9.17, 15) is 0 Å². The van der Waals surface area contributed by atoms with Gasteiger partial charge in [0.1, 0.15) is 5.75 Å². The molecular formula is C14H15BrN2O2. The van der Waals surface area contributed by atoms with Gasteiger partial charge in [0.15, 0.2) is 0 Å². The third-order valence-electron chi connectivity index (χ3n) is 2.36. The summed E-state index contributed by atoms with van der Waals surface area (Å²) in [7, 11) is 0. The third kappa shape index (κ3) is 3.61. The van der Waals surface area contributed by atoms with Gasteiger partial charge in [-0.3, -0.25) is 0 Å². The molecule has 19 heavy (non-hydrogen) atoms. The van der Waals surface area contributed by atoms with Crippen molar-refractivity contribution in [1.29, 1.82) is 0 Å². The molecule has 4 nitrogen and oxygen atoms in total. The molecule has 0 saturated carbocycles. The topological polar surface area (TPSA) is 57.4 Å². The fourth-order valence-corrected chi connectivity index (χ4v) is 1.81. The molecule has 0 spiro atoms. The van der Waals surface area contributed by atoms with Crippen LogP contribution in [0.5, 0.6) is 17.5 Å². The lowest BCUT2D eigenvalue weighted by atomic mass is 10.3. The largest absolute Gasteiger partial charge is 0.476 e. The molecule has 0 aliphatic rings. The fourth-order valence-electron chi connectivity index (χ4n) is 1.45. The molecule has 0 aliphatic carbocycles. The average molecular weight is 323 g/mol. The summed E-state index contributed by atoms with van der Waals surface area (Å²) < 4.78 is 12.0. The van der Waals surface area contributed by atoms with E-state index >= 15 is 0 Å². The van der Waals surface area contributed by atoms with Crippen molar-refractivity contribution in [2.75, 3.05) is 12.3 Å². The van der Waals surface area contributed by atoms with Gasteiger partial charge in [-0.2, -0.15) is 4.98 Å². The molecule has 2 N–H and O–H groups in total. The molecule has 0 unspecified atom stereocenters. The van der Waals surface area contributed by atoms with Crippen molar-refractivity contribution in [1.82, 2.24) is 4.98 Å². The quantitative estimate of drug-likeness (QED) is 0.903. The number of nitrogens with zero attached hydrogens (tertiary/aromatic N) is 1. The van der Waals surface area contributed by atoms with Crippen molar-refractivity contribution in [3.05, 3.63) is 40.9 Å². The van der Waals surface area contributed by atoms with Crippen LogP contribution in [0.1, 0.15) is 13.3 Å². The molecular weight excluding hydrogens is 308 g/mol. The highest BCUT2D eigenvalue weighted by atomic mass is 79.9. The van der Waals surface area contributed by atoms with Crippen LogP contribution in [0.4, 0.5) is 5.69 Å². The van der Waals surface area contributed by atoms with Crippen molar-refractivity contribution < 1.29 is 9.47 Å². The smallest absolute Gasteiger partial charge is 0.240 e. The monoisotopic (exact) mass is 322 g/mol. The van der Waals surface area contributed by atoms with Gasteiger partial charge in [0.25, 0.3) is 0 Å². The van der Waals surface area contributed by atoms with E-state index in [0.717, 1.165) is 10.9 Å². The van der Waals surface area contributed by atoms with Gasteiger partial charge in [-0.25, -0.2) is 0 Å². The van der Waals surface area contributed by atoms with Gasteiger partial charge in [-0.05, 0) is 40.5 Å². The summed E-state index contributed by atoms with van der Waals surface area (Å²) in [6.07, 6.45) is 0.899. The number of para-hydroxylation sites is 1. The zero-order valence-electron chi connectivity index (χ0n) is 10.6. The fraction of sp³-hybridized carbons (Fsp3) is 0.214. The molecule has 0 bridgehead atoms. The van der Waals surface area contributed by atoms with E-state index < -0.39 is 0 Å². The maximum Gasteiger partial charge on any atom is 0.240 e. The Morgan fingerprint density at radius 1 is 1.21 bits per heavy atom. The predicted molar refractivity (Wildman–Crippen MR) is 78.7 cm³/mol. The summed E-state index contributed by atoms with van der Waals surface area (Å²) in [5.74, 6) is 1.56. The maximum absolute atomic E-state index is 5.80. The first kappa shape index (κ1) is 13.7. The number of nitrogen functional groups attached to an aromatic ring is 1. The van der Waals surface area contributed by atoms with Gasteiger partial charge in [0.2, 0.25) is 11.8 Å². The predicted octanol–water partition coefficient (Wildman–Crippen LogP) is 4.01. The van der Waals surface area contributed by atoms with E-state index in [1.54, 1.807) is 12.1 Å². The van der Waals surface area contributed by atoms with Crippen LogP contribution < -0.4 is 15.2 Å². The Morgan fingerprint density at radius 3 is 2.74 bits per heavy atom. The van der Waals surface area contributed by atoms with Gasteiger partial charge >= 0.3 is 0 Å². The number of ether oxygens (including phenoxy) is 2. The van der Waals surface area contributed by atoms with E-state index in [1.807, 2.05) is 31.2 Å². The van der Waals surface area contributed by atoms with E-state index in [-0.39, 0.29) is 0 Å². The van der Waals surface area contributed by atoms with E-state index in [2.05, 4.69) is 20.9 Å². The van der Waals surface area contributed by atoms with Crippen LogP contribution >= 0.6 is 15.9 Å². The number of pyridine rings is 1. The molecule has 1 aromatic carbocycles. The number of rotatable bonds is 5. The van der Waals surface area contributed by atoms with Crippen LogP contribution in [-0.4, -0.2) is 11.6 Å². The average Bonchev–Trinajstić information content (AvgIpc) is 2.42. The number of hydrogen-bond acceptors (Lipinski definition) is 4. The van der Waals surface area contributed by atoms with Crippen molar-refractivity contribution in [2.45, 2.75) is 13.3 Å². The second-order valence-corrected chi connectivity index (χ2v) is 4.78. The zero-order valence-corrected chi connectivity index (χ0v) is 12.2. The van der Waals surface area contributed by atoms with Gasteiger partial charge in [0, 0.05) is 6.07 Å². The highest BCUT2D eigenvalue weighted by Gasteiger charge is 2.07. The molecule has 0 atom stereocenters. The first-order chi connectivity index (χ1) is 9.20. The minimum Gasteiger partial charge on any atom is -0.476 e. The Balaban J connectivity index is 2.19. The summed E-state index contributed by atoms with van der Waals surface area (Å²) in [6, 6.07) is 11.0. The second-order valence-electron chi connectivity index (χ2n) is 3.92. The molecule has 100 valence electrons. The maximum atomic E-state index is 5.80. The Bertz CT molecular complexity index is 561. The van der Waals surface area contributed by atoms with Gasteiger partial charge < -0.3 is 15.2 Å². The summed E-state index contributed by atoms with van der Waals surface area (Å²) in [5.41, 5.74) is 6.31. The van der Waals surface area contributed by atoms with E-state index in [4.69, 9.17) is 15.2 Å². The Hall–Kier alpha value is -1.75. The molecule has 2 aromatic rings. The molecule has 0 radical (unpaired) electrons. The third-order valence-corrected chi connectivity index (χ3v) is 3.01. The number of halogens is 1. The normalized spacial score (nSPS) is 10.2. The first-order valence-corrected chi connectivity index (χ1v) is 6.81. The van der Waals surface area contributed by atoms with Gasteiger partial charge in [-0.15, -0.1) is 0 Å². The number of hydrogen-bond donors (Lipinski definition) is 1. The van der Waals surface area contributed by atoms with Crippen molar-refractivity contribution in [3.8, 4) is 17.5 Å². The van der Waals surface area contributed by atoms with Crippen molar-refractivity contribution in [2.24, 2.45) is 0 Å². The Morgan fingerprint density at radius 2 is 2.00 bits per heavy atom. The molecule has 5 heteroatoms. The van der Waals surface area contributed by atoms with Crippen LogP contribution in [0.3, 0.4) is 0 Å². The molecule has 0 aliphatic heterocycles. The number of nitrogens with two attached hydrogens (primary N) is 1. The summed E-state index contributed by atoms with van der Waals surface area (Å²) in [6.45, 7) is 2.60. The molecule has 0 amide bonds. The lowest BCUT2D eigenvalue weighted by Gasteiger charge is -2.10. The lowest BCUT2D eigenvalue weighted by Crippen LogP contribution is -2.02. The van der Waals surface area contributed by atoms with Crippen LogP contribution in [0.15, 0.2) is 40.9 Å². The summed E-state index contributed by atoms with van der Waals surface area (Å²) in [5, 5.41) is 0. The molecule has 1 heterocycles. The molecule has 0 fully saturated rings.